The van der Waals surface area contributed by atoms with Crippen molar-refractivity contribution in [1.29, 1.82) is 0 Å². The molecule has 0 spiro atoms. The summed E-state index contributed by atoms with van der Waals surface area (Å²) in [5, 5.41) is 12.4. The summed E-state index contributed by atoms with van der Waals surface area (Å²) in [6.45, 7) is 2.21. The molecule has 0 atom stereocenters. The van der Waals surface area contributed by atoms with Crippen molar-refractivity contribution in [1.82, 2.24) is 10.3 Å². The van der Waals surface area contributed by atoms with Crippen molar-refractivity contribution in [3.63, 3.8) is 0 Å². The molecular formula is C14H21F2N3O. The van der Waals surface area contributed by atoms with Crippen molar-refractivity contribution < 1.29 is 13.9 Å². The Kier molecular flexibility index (Phi) is 5.25. The average Bonchev–Trinajstić information content (AvgIpc) is 3.19. The fourth-order valence-corrected chi connectivity index (χ4v) is 2.17. The Balaban J connectivity index is 2.04. The average molecular weight is 285 g/mol. The third-order valence-corrected chi connectivity index (χ3v) is 3.31. The molecule has 2 rings (SSSR count). The van der Waals surface area contributed by atoms with E-state index in [-0.39, 0.29) is 13.2 Å². The first-order valence-electron chi connectivity index (χ1n) is 6.93. The lowest BCUT2D eigenvalue weighted by Crippen LogP contribution is -2.33. The summed E-state index contributed by atoms with van der Waals surface area (Å²) in [7, 11) is 0. The minimum absolute atomic E-state index is 0.165. The van der Waals surface area contributed by atoms with Crippen LogP contribution in [0.3, 0.4) is 0 Å². The molecule has 1 fully saturated rings. The topological polar surface area (TPSA) is 48.4 Å². The van der Waals surface area contributed by atoms with Crippen LogP contribution in [-0.2, 0) is 6.54 Å². The lowest BCUT2D eigenvalue weighted by molar-refractivity contribution is 0.152. The zero-order valence-corrected chi connectivity index (χ0v) is 11.6. The molecule has 1 aliphatic carbocycles. The van der Waals surface area contributed by atoms with Gasteiger partial charge >= 0.3 is 0 Å². The Bertz CT molecular complexity index is 438. The van der Waals surface area contributed by atoms with E-state index in [0.717, 1.165) is 17.7 Å². The highest BCUT2D eigenvalue weighted by molar-refractivity contribution is 5.47. The first kappa shape index (κ1) is 15.1. The second-order valence-corrected chi connectivity index (χ2v) is 5.20. The van der Waals surface area contributed by atoms with Gasteiger partial charge in [-0.25, -0.2) is 13.8 Å². The fourth-order valence-electron chi connectivity index (χ4n) is 2.17. The van der Waals surface area contributed by atoms with E-state index in [9.17, 15) is 8.78 Å². The second-order valence-electron chi connectivity index (χ2n) is 5.20. The van der Waals surface area contributed by atoms with E-state index in [1.54, 1.807) is 6.20 Å². The largest absolute Gasteiger partial charge is 0.395 e. The highest BCUT2D eigenvalue weighted by atomic mass is 19.3. The molecule has 0 radical (unpaired) electrons. The predicted octanol–water partition coefficient (Wildman–Crippen LogP) is 1.71. The molecule has 0 saturated heterocycles. The van der Waals surface area contributed by atoms with Gasteiger partial charge in [0.15, 0.2) is 0 Å². The van der Waals surface area contributed by atoms with Gasteiger partial charge in [-0.1, -0.05) is 0 Å². The molecule has 20 heavy (non-hydrogen) atoms. The Morgan fingerprint density at radius 1 is 1.50 bits per heavy atom. The third-order valence-electron chi connectivity index (χ3n) is 3.31. The molecular weight excluding hydrogens is 264 g/mol. The van der Waals surface area contributed by atoms with Gasteiger partial charge in [0.1, 0.15) is 5.82 Å². The summed E-state index contributed by atoms with van der Waals surface area (Å²) in [4.78, 5) is 5.72. The number of anilines is 1. The van der Waals surface area contributed by atoms with E-state index in [1.165, 1.54) is 17.7 Å². The van der Waals surface area contributed by atoms with Gasteiger partial charge in [-0.15, -0.1) is 0 Å². The van der Waals surface area contributed by atoms with Crippen LogP contribution in [0, 0.1) is 6.92 Å². The normalized spacial score (nSPS) is 14.8. The number of nitrogens with one attached hydrogen (secondary N) is 1. The molecule has 0 aromatic carbocycles. The molecule has 0 unspecified atom stereocenters. The van der Waals surface area contributed by atoms with Crippen LogP contribution in [0.4, 0.5) is 14.6 Å². The zero-order chi connectivity index (χ0) is 14.5. The molecule has 112 valence electrons. The van der Waals surface area contributed by atoms with E-state index in [4.69, 9.17) is 5.11 Å². The van der Waals surface area contributed by atoms with Crippen molar-refractivity contribution in [2.75, 3.05) is 24.6 Å². The zero-order valence-electron chi connectivity index (χ0n) is 11.6. The smallest absolute Gasteiger partial charge is 0.255 e. The first-order valence-corrected chi connectivity index (χ1v) is 6.93. The standard InChI is InChI=1S/C14H21F2N3O/c1-10-6-11(7-17-12-2-3-12)8-18-14(10)19(4-5-20)9-13(15)16/h6,8,12-13,17,20H,2-5,7,9H2,1H3. The molecule has 1 heterocycles. The van der Waals surface area contributed by atoms with Crippen LogP contribution in [-0.4, -0.2) is 42.3 Å². The number of aryl methyl sites for hydroxylation is 1. The number of nitrogens with zero attached hydrogens (tertiary/aromatic N) is 2. The van der Waals surface area contributed by atoms with Crippen LogP contribution in [0.25, 0.3) is 0 Å². The molecule has 2 N–H and O–H groups in total. The van der Waals surface area contributed by atoms with E-state index < -0.39 is 13.0 Å². The maximum absolute atomic E-state index is 12.6. The monoisotopic (exact) mass is 285 g/mol. The van der Waals surface area contributed by atoms with Crippen LogP contribution in [0.2, 0.25) is 0 Å². The van der Waals surface area contributed by atoms with Gasteiger partial charge < -0.3 is 15.3 Å². The summed E-state index contributed by atoms with van der Waals surface area (Å²) in [6, 6.07) is 2.59. The number of aromatic nitrogens is 1. The Labute approximate surface area is 117 Å². The van der Waals surface area contributed by atoms with Gasteiger partial charge in [-0.3, -0.25) is 0 Å². The van der Waals surface area contributed by atoms with Gasteiger partial charge in [0, 0.05) is 25.3 Å². The predicted molar refractivity (Wildman–Crippen MR) is 74.1 cm³/mol. The summed E-state index contributed by atoms with van der Waals surface area (Å²) >= 11 is 0. The molecule has 0 amide bonds. The lowest BCUT2D eigenvalue weighted by Gasteiger charge is -2.24. The van der Waals surface area contributed by atoms with Gasteiger partial charge in [-0.05, 0) is 37.0 Å². The van der Waals surface area contributed by atoms with Crippen LogP contribution >= 0.6 is 0 Å². The van der Waals surface area contributed by atoms with Gasteiger partial charge in [-0.2, -0.15) is 0 Å². The van der Waals surface area contributed by atoms with E-state index in [1.807, 2.05) is 13.0 Å². The SMILES string of the molecule is Cc1cc(CNC2CC2)cnc1N(CCO)CC(F)F. The molecule has 1 saturated carbocycles. The number of aliphatic hydroxyl groups is 1. The number of alkyl halides is 2. The molecule has 1 aromatic rings. The van der Waals surface area contributed by atoms with Crippen molar-refractivity contribution in [3.8, 4) is 0 Å². The van der Waals surface area contributed by atoms with Crippen LogP contribution in [0.1, 0.15) is 24.0 Å². The Morgan fingerprint density at radius 3 is 2.80 bits per heavy atom. The quantitative estimate of drug-likeness (QED) is 0.763. The van der Waals surface area contributed by atoms with Crippen molar-refractivity contribution in [3.05, 3.63) is 23.4 Å². The molecule has 4 nitrogen and oxygen atoms in total. The summed E-state index contributed by atoms with van der Waals surface area (Å²) in [5.41, 5.74) is 1.91. The number of rotatable bonds is 8. The first-order chi connectivity index (χ1) is 9.60. The minimum Gasteiger partial charge on any atom is -0.395 e. The molecule has 6 heteroatoms. The van der Waals surface area contributed by atoms with Crippen molar-refractivity contribution >= 4 is 5.82 Å². The number of pyridine rings is 1. The second kappa shape index (κ2) is 6.95. The van der Waals surface area contributed by atoms with Gasteiger partial charge in [0.05, 0.1) is 13.2 Å². The molecule has 0 aliphatic heterocycles. The number of halogens is 2. The maximum Gasteiger partial charge on any atom is 0.255 e. The minimum atomic E-state index is -2.45. The van der Waals surface area contributed by atoms with Gasteiger partial charge in [0.25, 0.3) is 6.43 Å². The third kappa shape index (κ3) is 4.38. The van der Waals surface area contributed by atoms with Gasteiger partial charge in [0.2, 0.25) is 0 Å². The van der Waals surface area contributed by atoms with Crippen molar-refractivity contribution in [2.24, 2.45) is 0 Å². The molecule has 0 bridgehead atoms. The van der Waals surface area contributed by atoms with Crippen molar-refractivity contribution in [2.45, 2.75) is 38.8 Å². The highest BCUT2D eigenvalue weighted by Crippen LogP contribution is 2.21. The van der Waals surface area contributed by atoms with E-state index >= 15 is 0 Å². The number of aliphatic hydroxyl groups excluding tert-OH is 1. The summed E-state index contributed by atoms with van der Waals surface area (Å²) in [5.74, 6) is 0.523. The highest BCUT2D eigenvalue weighted by Gasteiger charge is 2.20. The maximum atomic E-state index is 12.6. The van der Waals surface area contributed by atoms with Crippen LogP contribution < -0.4 is 10.2 Å². The van der Waals surface area contributed by atoms with E-state index in [0.29, 0.717) is 11.9 Å². The molecule has 1 aromatic heterocycles. The number of hydrogen-bond donors (Lipinski definition) is 2. The summed E-state index contributed by atoms with van der Waals surface area (Å²) in [6.07, 6.45) is 1.72. The molecule has 1 aliphatic rings. The van der Waals surface area contributed by atoms with E-state index in [2.05, 4.69) is 10.3 Å². The lowest BCUT2D eigenvalue weighted by atomic mass is 10.2. The number of hydrogen-bond acceptors (Lipinski definition) is 4. The fraction of sp³-hybridized carbons (Fsp3) is 0.643. The van der Waals surface area contributed by atoms with Crippen LogP contribution in [0.15, 0.2) is 12.3 Å². The van der Waals surface area contributed by atoms with Crippen LogP contribution in [0.5, 0.6) is 0 Å². The summed E-state index contributed by atoms with van der Waals surface area (Å²) < 4.78 is 25.1. The Morgan fingerprint density at radius 2 is 2.25 bits per heavy atom. The Hall–Kier alpha value is -1.27.